The van der Waals surface area contributed by atoms with E-state index in [2.05, 4.69) is 58.7 Å². The molecule has 1 N–H and O–H groups in total. The van der Waals surface area contributed by atoms with Crippen LogP contribution in [0.2, 0.25) is 0 Å². The molecule has 6 atom stereocenters. The maximum atomic E-state index is 11.0. The van der Waals surface area contributed by atoms with Crippen LogP contribution in [0.25, 0.3) is 0 Å². The van der Waals surface area contributed by atoms with Crippen molar-refractivity contribution in [2.24, 2.45) is 10.8 Å². The highest BCUT2D eigenvalue weighted by Crippen LogP contribution is 2.71. The molecular formula is C15H21Br2ClO2. The van der Waals surface area contributed by atoms with Gasteiger partial charge in [-0.25, -0.2) is 0 Å². The van der Waals surface area contributed by atoms with Crippen LogP contribution in [-0.2, 0) is 4.74 Å². The third-order valence-electron chi connectivity index (χ3n) is 6.07. The van der Waals surface area contributed by atoms with E-state index in [1.165, 1.54) is 0 Å². The maximum absolute atomic E-state index is 11.0. The molecule has 0 bridgehead atoms. The molecule has 20 heavy (non-hydrogen) atoms. The van der Waals surface area contributed by atoms with E-state index in [1.807, 2.05) is 6.92 Å². The van der Waals surface area contributed by atoms with Crippen LogP contribution in [0.1, 0.15) is 40.5 Å². The number of hydrogen-bond donors (Lipinski definition) is 1. The number of hydrogen-bond acceptors (Lipinski definition) is 2. The number of aliphatic hydroxyl groups is 1. The summed E-state index contributed by atoms with van der Waals surface area (Å²) in [6.07, 6.45) is 3.14. The van der Waals surface area contributed by atoms with Gasteiger partial charge in [-0.1, -0.05) is 45.7 Å². The Morgan fingerprint density at radius 2 is 1.90 bits per heavy atom. The molecule has 6 unspecified atom stereocenters. The number of allylic oxidation sites excluding steroid dienone is 1. The quantitative estimate of drug-likeness (QED) is 0.459. The van der Waals surface area contributed by atoms with E-state index in [1.54, 1.807) is 0 Å². The molecule has 1 aliphatic heterocycles. The van der Waals surface area contributed by atoms with Crippen LogP contribution in [-0.4, -0.2) is 32.6 Å². The Morgan fingerprint density at radius 3 is 2.50 bits per heavy atom. The lowest BCUT2D eigenvalue weighted by Crippen LogP contribution is -2.64. The van der Waals surface area contributed by atoms with Gasteiger partial charge in [0.25, 0.3) is 0 Å². The minimum absolute atomic E-state index is 0.0962. The Balaban J connectivity index is 2.13. The standard InChI is InChI=1S/C15H21Br2ClO2/c1-12(2)8(16)5-11-14(4,20-11)15(12)6-9(17)13(3,18)7-10(15)19/h5,9-11,19H,6-7H2,1-4H3. The van der Waals surface area contributed by atoms with E-state index >= 15 is 0 Å². The molecule has 2 nitrogen and oxygen atoms in total. The molecule has 0 aromatic rings. The fourth-order valence-corrected chi connectivity index (χ4v) is 5.99. The Morgan fingerprint density at radius 1 is 1.30 bits per heavy atom. The van der Waals surface area contributed by atoms with Gasteiger partial charge in [-0.15, -0.1) is 11.6 Å². The average Bonchev–Trinajstić information content (AvgIpc) is 2.94. The van der Waals surface area contributed by atoms with E-state index < -0.39 is 11.0 Å². The van der Waals surface area contributed by atoms with Gasteiger partial charge in [0, 0.05) is 20.1 Å². The molecule has 0 radical (unpaired) electrons. The van der Waals surface area contributed by atoms with Crippen LogP contribution in [0, 0.1) is 10.8 Å². The zero-order valence-corrected chi connectivity index (χ0v) is 16.1. The van der Waals surface area contributed by atoms with Crippen LogP contribution in [0.3, 0.4) is 0 Å². The summed E-state index contributed by atoms with van der Waals surface area (Å²) in [6.45, 7) is 8.51. The molecule has 1 heterocycles. The molecule has 3 aliphatic rings. The summed E-state index contributed by atoms with van der Waals surface area (Å²) in [6, 6.07) is 0. The van der Waals surface area contributed by atoms with E-state index in [4.69, 9.17) is 16.3 Å². The van der Waals surface area contributed by atoms with Crippen LogP contribution in [0.15, 0.2) is 10.6 Å². The second-order valence-electron chi connectivity index (χ2n) is 7.43. The normalized spacial score (nSPS) is 57.2. The molecule has 3 rings (SSSR count). The lowest BCUT2D eigenvalue weighted by Gasteiger charge is -2.59. The SMILES string of the molecule is CC1(Cl)CC(O)C2(CC1Br)C(C)(C)C(Br)=CC1OC12C. The van der Waals surface area contributed by atoms with Crippen molar-refractivity contribution in [2.75, 3.05) is 0 Å². The fraction of sp³-hybridized carbons (Fsp3) is 0.867. The van der Waals surface area contributed by atoms with Crippen LogP contribution in [0.5, 0.6) is 0 Å². The van der Waals surface area contributed by atoms with Crippen molar-refractivity contribution in [1.82, 2.24) is 0 Å². The summed E-state index contributed by atoms with van der Waals surface area (Å²) in [4.78, 5) is -0.269. The maximum Gasteiger partial charge on any atom is 0.107 e. The van der Waals surface area contributed by atoms with Crippen molar-refractivity contribution < 1.29 is 9.84 Å². The summed E-state index contributed by atoms with van der Waals surface area (Å²) in [5.74, 6) is 0. The van der Waals surface area contributed by atoms with Gasteiger partial charge < -0.3 is 9.84 Å². The predicted octanol–water partition coefficient (Wildman–Crippen LogP) is 4.36. The molecule has 2 aliphatic carbocycles. The van der Waals surface area contributed by atoms with Crippen molar-refractivity contribution in [2.45, 2.75) is 68.0 Å². The minimum atomic E-state index is -0.481. The summed E-state index contributed by atoms with van der Waals surface area (Å²) < 4.78 is 7.15. The van der Waals surface area contributed by atoms with Crippen LogP contribution < -0.4 is 0 Å². The van der Waals surface area contributed by atoms with Gasteiger partial charge in [0.1, 0.15) is 11.7 Å². The first-order valence-electron chi connectivity index (χ1n) is 7.06. The molecule has 0 aromatic carbocycles. The second kappa shape index (κ2) is 4.25. The van der Waals surface area contributed by atoms with E-state index in [-0.39, 0.29) is 27.4 Å². The van der Waals surface area contributed by atoms with Crippen molar-refractivity contribution >= 4 is 43.5 Å². The van der Waals surface area contributed by atoms with E-state index in [0.29, 0.717) is 6.42 Å². The predicted molar refractivity (Wildman–Crippen MR) is 88.7 cm³/mol. The van der Waals surface area contributed by atoms with E-state index in [9.17, 15) is 5.11 Å². The van der Waals surface area contributed by atoms with Gasteiger partial charge in [0.05, 0.1) is 11.0 Å². The average molecular weight is 429 g/mol. The van der Waals surface area contributed by atoms with E-state index in [0.717, 1.165) is 10.9 Å². The van der Waals surface area contributed by atoms with Crippen molar-refractivity contribution in [3.05, 3.63) is 10.6 Å². The highest BCUT2D eigenvalue weighted by Gasteiger charge is 2.76. The number of alkyl halides is 2. The Bertz CT molecular complexity index is 490. The second-order valence-corrected chi connectivity index (χ2v) is 10.2. The number of fused-ring (bicyclic) bond motifs is 2. The first-order chi connectivity index (χ1) is 8.99. The summed E-state index contributed by atoms with van der Waals surface area (Å²) in [5, 5.41) is 11.0. The smallest absolute Gasteiger partial charge is 0.107 e. The van der Waals surface area contributed by atoms with Crippen molar-refractivity contribution in [3.8, 4) is 0 Å². The molecule has 1 saturated heterocycles. The summed E-state index contributed by atoms with van der Waals surface area (Å²) in [7, 11) is 0. The Hall–Kier alpha value is 0.910. The van der Waals surface area contributed by atoms with Crippen molar-refractivity contribution in [3.63, 3.8) is 0 Å². The van der Waals surface area contributed by atoms with Gasteiger partial charge in [-0.05, 0) is 32.8 Å². The number of rotatable bonds is 0. The van der Waals surface area contributed by atoms with Gasteiger partial charge in [0.2, 0.25) is 0 Å². The monoisotopic (exact) mass is 426 g/mol. The van der Waals surface area contributed by atoms with Crippen molar-refractivity contribution in [1.29, 1.82) is 0 Å². The zero-order valence-electron chi connectivity index (χ0n) is 12.2. The Kier molecular flexibility index (Phi) is 3.36. The largest absolute Gasteiger partial charge is 0.392 e. The van der Waals surface area contributed by atoms with Crippen LogP contribution in [0.4, 0.5) is 0 Å². The third-order valence-corrected chi connectivity index (χ3v) is 9.34. The van der Waals surface area contributed by atoms with Gasteiger partial charge in [-0.3, -0.25) is 0 Å². The summed E-state index contributed by atoms with van der Waals surface area (Å²) in [5.41, 5.74) is -0.818. The molecule has 1 spiro atoms. The molecule has 0 aromatic heterocycles. The fourth-order valence-electron chi connectivity index (χ4n) is 4.47. The van der Waals surface area contributed by atoms with Gasteiger partial charge >= 0.3 is 0 Å². The third kappa shape index (κ3) is 1.69. The molecule has 0 amide bonds. The van der Waals surface area contributed by atoms with Gasteiger partial charge in [-0.2, -0.15) is 0 Å². The first-order valence-corrected chi connectivity index (χ1v) is 9.14. The molecular weight excluding hydrogens is 407 g/mol. The number of aliphatic hydroxyl groups excluding tert-OH is 1. The van der Waals surface area contributed by atoms with Gasteiger partial charge in [0.15, 0.2) is 0 Å². The number of halogens is 3. The molecule has 1 saturated carbocycles. The molecule has 2 fully saturated rings. The molecule has 5 heteroatoms. The highest BCUT2D eigenvalue weighted by molar-refractivity contribution is 9.11. The Labute approximate surface area is 142 Å². The molecule has 114 valence electrons. The minimum Gasteiger partial charge on any atom is -0.392 e. The summed E-state index contributed by atoms with van der Waals surface area (Å²) >= 11 is 14.0. The number of ether oxygens (including phenoxy) is 1. The number of epoxide rings is 1. The van der Waals surface area contributed by atoms with Crippen LogP contribution >= 0.6 is 43.5 Å². The lowest BCUT2D eigenvalue weighted by molar-refractivity contribution is -0.124. The lowest BCUT2D eigenvalue weighted by atomic mass is 9.48. The zero-order chi connectivity index (χ0) is 15.1. The topological polar surface area (TPSA) is 32.8 Å². The first kappa shape index (κ1) is 15.8. The highest BCUT2D eigenvalue weighted by atomic mass is 79.9.